The van der Waals surface area contributed by atoms with Crippen molar-refractivity contribution in [2.75, 3.05) is 7.05 Å². The van der Waals surface area contributed by atoms with Gasteiger partial charge in [-0.1, -0.05) is 38.1 Å². The zero-order valence-electron chi connectivity index (χ0n) is 17.4. The molecule has 3 rings (SSSR count). The molecule has 0 aliphatic rings. The number of rotatable bonds is 5. The standard InChI is InChI=1S/C22H26N4O3/c1-6-26-19-18(20(27)24-22(26)29)16(11-17(23-19)13(2)3)21(28)25(5)12-15-10-8-7-9-14(15)4/h7-11,13H,6,12H2,1-5H3,(H,24,27,29). The summed E-state index contributed by atoms with van der Waals surface area (Å²) in [6, 6.07) is 9.53. The number of hydrogen-bond acceptors (Lipinski definition) is 4. The molecule has 0 atom stereocenters. The third kappa shape index (κ3) is 3.85. The van der Waals surface area contributed by atoms with Crippen molar-refractivity contribution < 1.29 is 4.79 Å². The molecule has 0 fully saturated rings. The molecule has 2 aromatic heterocycles. The Morgan fingerprint density at radius 1 is 1.24 bits per heavy atom. The van der Waals surface area contributed by atoms with Crippen LogP contribution in [-0.4, -0.2) is 32.4 Å². The monoisotopic (exact) mass is 394 g/mol. The third-order valence-electron chi connectivity index (χ3n) is 5.12. The molecule has 0 unspecified atom stereocenters. The van der Waals surface area contributed by atoms with Gasteiger partial charge in [0.1, 0.15) is 0 Å². The van der Waals surface area contributed by atoms with Gasteiger partial charge in [0, 0.05) is 25.8 Å². The summed E-state index contributed by atoms with van der Waals surface area (Å²) in [5, 5.41) is 0.150. The maximum atomic E-state index is 13.3. The summed E-state index contributed by atoms with van der Waals surface area (Å²) in [6.07, 6.45) is 0. The number of nitrogens with zero attached hydrogens (tertiary/aromatic N) is 3. The number of fused-ring (bicyclic) bond motifs is 1. The molecule has 1 aromatic carbocycles. The minimum atomic E-state index is -0.592. The van der Waals surface area contributed by atoms with Crippen LogP contribution in [0.5, 0.6) is 0 Å². The van der Waals surface area contributed by atoms with E-state index in [4.69, 9.17) is 0 Å². The Morgan fingerprint density at radius 3 is 2.55 bits per heavy atom. The molecule has 0 spiro atoms. The third-order valence-corrected chi connectivity index (χ3v) is 5.12. The van der Waals surface area contributed by atoms with E-state index < -0.39 is 11.2 Å². The summed E-state index contributed by atoms with van der Waals surface area (Å²) in [6.45, 7) is 8.47. The number of hydrogen-bond donors (Lipinski definition) is 1. The molecule has 3 aromatic rings. The largest absolute Gasteiger partial charge is 0.337 e. The van der Waals surface area contributed by atoms with Gasteiger partial charge in [-0.05, 0) is 37.0 Å². The molecule has 152 valence electrons. The molecule has 0 saturated heterocycles. The van der Waals surface area contributed by atoms with Gasteiger partial charge in [0.25, 0.3) is 11.5 Å². The fraction of sp³-hybridized carbons (Fsp3) is 0.364. The second kappa shape index (κ2) is 8.03. The quantitative estimate of drug-likeness (QED) is 0.721. The zero-order valence-corrected chi connectivity index (χ0v) is 17.4. The molecule has 1 amide bonds. The van der Waals surface area contributed by atoms with Crippen molar-refractivity contribution in [3.05, 3.63) is 73.6 Å². The zero-order chi connectivity index (χ0) is 21.3. The van der Waals surface area contributed by atoms with E-state index in [1.54, 1.807) is 24.9 Å². The fourth-order valence-electron chi connectivity index (χ4n) is 3.37. The number of amides is 1. The summed E-state index contributed by atoms with van der Waals surface area (Å²) in [5.74, 6) is -0.248. The van der Waals surface area contributed by atoms with Crippen LogP contribution in [0, 0.1) is 6.92 Å². The lowest BCUT2D eigenvalue weighted by molar-refractivity contribution is 0.0786. The molecule has 0 bridgehead atoms. The molecule has 7 nitrogen and oxygen atoms in total. The lowest BCUT2D eigenvalue weighted by Gasteiger charge is -2.20. The van der Waals surface area contributed by atoms with Crippen molar-refractivity contribution in [2.45, 2.75) is 46.7 Å². The van der Waals surface area contributed by atoms with E-state index in [-0.39, 0.29) is 28.4 Å². The van der Waals surface area contributed by atoms with Crippen LogP contribution in [0.25, 0.3) is 11.0 Å². The van der Waals surface area contributed by atoms with E-state index in [0.717, 1.165) is 11.1 Å². The number of aromatic nitrogens is 3. The van der Waals surface area contributed by atoms with Crippen molar-refractivity contribution in [3.63, 3.8) is 0 Å². The van der Waals surface area contributed by atoms with Crippen molar-refractivity contribution in [1.82, 2.24) is 19.4 Å². The van der Waals surface area contributed by atoms with Gasteiger partial charge in [0.2, 0.25) is 0 Å². The van der Waals surface area contributed by atoms with Gasteiger partial charge < -0.3 is 4.90 Å². The van der Waals surface area contributed by atoms with Crippen LogP contribution in [0.1, 0.15) is 53.9 Å². The summed E-state index contributed by atoms with van der Waals surface area (Å²) in [5.41, 5.74) is 2.18. The molecular weight excluding hydrogens is 368 g/mol. The molecular formula is C22H26N4O3. The first kappa shape index (κ1) is 20.5. The van der Waals surface area contributed by atoms with Gasteiger partial charge in [-0.25, -0.2) is 9.78 Å². The number of nitrogens with one attached hydrogen (secondary N) is 1. The molecule has 0 aliphatic carbocycles. The number of H-pyrrole nitrogens is 1. The maximum Gasteiger partial charge on any atom is 0.329 e. The van der Waals surface area contributed by atoms with E-state index in [0.29, 0.717) is 18.8 Å². The Hall–Kier alpha value is -3.22. The smallest absolute Gasteiger partial charge is 0.329 e. The average Bonchev–Trinajstić information content (AvgIpc) is 2.68. The van der Waals surface area contributed by atoms with Crippen molar-refractivity contribution >= 4 is 16.9 Å². The molecule has 0 radical (unpaired) electrons. The number of aromatic amines is 1. The number of carbonyl (C=O) groups excluding carboxylic acids is 1. The van der Waals surface area contributed by atoms with Crippen LogP contribution in [0.15, 0.2) is 39.9 Å². The van der Waals surface area contributed by atoms with Crippen LogP contribution in [0.3, 0.4) is 0 Å². The van der Waals surface area contributed by atoms with Gasteiger partial charge >= 0.3 is 5.69 Å². The average molecular weight is 394 g/mol. The number of pyridine rings is 1. The Labute approximate surface area is 169 Å². The summed E-state index contributed by atoms with van der Waals surface area (Å²) in [7, 11) is 1.71. The second-order valence-corrected chi connectivity index (χ2v) is 7.54. The van der Waals surface area contributed by atoms with Crippen LogP contribution >= 0.6 is 0 Å². The molecule has 0 aliphatic heterocycles. The number of aryl methyl sites for hydroxylation is 2. The predicted molar refractivity (Wildman–Crippen MR) is 113 cm³/mol. The lowest BCUT2D eigenvalue weighted by Crippen LogP contribution is -2.33. The SMILES string of the molecule is CCn1c(=O)[nH]c(=O)c2c(C(=O)N(C)Cc3ccccc3C)cc(C(C)C)nc21. The molecule has 1 N–H and O–H groups in total. The topological polar surface area (TPSA) is 88.1 Å². The highest BCUT2D eigenvalue weighted by molar-refractivity contribution is 6.05. The van der Waals surface area contributed by atoms with Gasteiger partial charge in [0.15, 0.2) is 5.65 Å². The fourth-order valence-corrected chi connectivity index (χ4v) is 3.37. The molecule has 7 heteroatoms. The van der Waals surface area contributed by atoms with Crippen LogP contribution in [0.4, 0.5) is 0 Å². The minimum absolute atomic E-state index is 0.0346. The predicted octanol–water partition coefficient (Wildman–Crippen LogP) is 2.81. The van der Waals surface area contributed by atoms with Crippen molar-refractivity contribution in [1.29, 1.82) is 0 Å². The Bertz CT molecular complexity index is 1190. The Balaban J connectivity index is 2.19. The van der Waals surface area contributed by atoms with E-state index >= 15 is 0 Å². The summed E-state index contributed by atoms with van der Waals surface area (Å²) in [4.78, 5) is 46.6. The first-order valence-electron chi connectivity index (χ1n) is 9.72. The van der Waals surface area contributed by atoms with E-state index in [1.807, 2.05) is 45.0 Å². The highest BCUT2D eigenvalue weighted by Gasteiger charge is 2.22. The highest BCUT2D eigenvalue weighted by atomic mass is 16.2. The summed E-state index contributed by atoms with van der Waals surface area (Å²) >= 11 is 0. The van der Waals surface area contributed by atoms with Crippen LogP contribution in [-0.2, 0) is 13.1 Å². The van der Waals surface area contributed by atoms with Gasteiger partial charge in [-0.3, -0.25) is 19.1 Å². The number of benzene rings is 1. The van der Waals surface area contributed by atoms with Gasteiger partial charge in [-0.2, -0.15) is 0 Å². The van der Waals surface area contributed by atoms with E-state index in [1.165, 1.54) is 4.57 Å². The van der Waals surface area contributed by atoms with Crippen LogP contribution in [0.2, 0.25) is 0 Å². The lowest BCUT2D eigenvalue weighted by atomic mass is 10.0. The molecule has 0 saturated carbocycles. The van der Waals surface area contributed by atoms with Gasteiger partial charge in [0.05, 0.1) is 10.9 Å². The summed E-state index contributed by atoms with van der Waals surface area (Å²) < 4.78 is 1.39. The molecule has 2 heterocycles. The Morgan fingerprint density at radius 2 is 1.93 bits per heavy atom. The first-order chi connectivity index (χ1) is 13.7. The van der Waals surface area contributed by atoms with Crippen LogP contribution < -0.4 is 11.2 Å². The molecule has 29 heavy (non-hydrogen) atoms. The maximum absolute atomic E-state index is 13.3. The first-order valence-corrected chi connectivity index (χ1v) is 9.72. The van der Waals surface area contributed by atoms with Gasteiger partial charge in [-0.15, -0.1) is 0 Å². The highest BCUT2D eigenvalue weighted by Crippen LogP contribution is 2.21. The van der Waals surface area contributed by atoms with Crippen molar-refractivity contribution in [3.8, 4) is 0 Å². The second-order valence-electron chi connectivity index (χ2n) is 7.54. The van der Waals surface area contributed by atoms with E-state index in [9.17, 15) is 14.4 Å². The Kier molecular flexibility index (Phi) is 5.68. The van der Waals surface area contributed by atoms with E-state index in [2.05, 4.69) is 9.97 Å². The minimum Gasteiger partial charge on any atom is -0.337 e. The number of carbonyl (C=O) groups is 1. The van der Waals surface area contributed by atoms with Crippen molar-refractivity contribution in [2.24, 2.45) is 0 Å². The normalized spacial score (nSPS) is 11.2.